The monoisotopic (exact) mass is 434 g/mol. The van der Waals surface area contributed by atoms with Crippen molar-refractivity contribution in [1.82, 2.24) is 9.78 Å². The molecule has 0 atom stereocenters. The molecule has 0 saturated carbocycles. The largest absolute Gasteiger partial charge is 0.489 e. The lowest BCUT2D eigenvalue weighted by Gasteiger charge is -2.12. The molecule has 0 unspecified atom stereocenters. The Hall–Kier alpha value is -3.49. The van der Waals surface area contributed by atoms with Crippen LogP contribution in [0.15, 0.2) is 48.7 Å². The summed E-state index contributed by atoms with van der Waals surface area (Å²) in [6.45, 7) is 3.51. The van der Waals surface area contributed by atoms with Crippen LogP contribution in [0.1, 0.15) is 29.3 Å². The lowest BCUT2D eigenvalue weighted by molar-refractivity contribution is -0.139. The number of carbonyl (C=O) groups is 1. The van der Waals surface area contributed by atoms with E-state index in [-0.39, 0.29) is 6.61 Å². The number of alkyl halides is 3. The Balaban J connectivity index is 1.70. The summed E-state index contributed by atoms with van der Waals surface area (Å²) >= 11 is 0. The number of carboxylic acid groups (broad SMARTS) is 1. The van der Waals surface area contributed by atoms with Crippen molar-refractivity contribution in [3.63, 3.8) is 0 Å². The van der Waals surface area contributed by atoms with E-state index in [1.54, 1.807) is 31.3 Å². The van der Waals surface area contributed by atoms with Crippen LogP contribution in [0.3, 0.4) is 0 Å². The summed E-state index contributed by atoms with van der Waals surface area (Å²) in [5.74, 6) is 0.0210. The van der Waals surface area contributed by atoms with Crippen molar-refractivity contribution in [2.24, 2.45) is 0 Å². The molecule has 1 N–H and O–H groups in total. The van der Waals surface area contributed by atoms with Crippen LogP contribution in [-0.4, -0.2) is 27.5 Å². The zero-order chi connectivity index (χ0) is 22.6. The molecule has 0 spiro atoms. The van der Waals surface area contributed by atoms with E-state index in [4.69, 9.17) is 14.6 Å². The van der Waals surface area contributed by atoms with Crippen LogP contribution in [0.25, 0.3) is 5.69 Å². The Kier molecular flexibility index (Phi) is 6.53. The Morgan fingerprint density at radius 2 is 1.81 bits per heavy atom. The highest BCUT2D eigenvalue weighted by Crippen LogP contribution is 2.30. The third-order valence-corrected chi connectivity index (χ3v) is 4.62. The first-order chi connectivity index (χ1) is 14.7. The van der Waals surface area contributed by atoms with Crippen LogP contribution in [0.4, 0.5) is 13.2 Å². The number of aromatic nitrogens is 2. The van der Waals surface area contributed by atoms with E-state index >= 15 is 0 Å². The molecule has 6 nitrogen and oxygen atoms in total. The second-order valence-corrected chi connectivity index (χ2v) is 6.82. The van der Waals surface area contributed by atoms with E-state index < -0.39 is 24.3 Å². The van der Waals surface area contributed by atoms with Gasteiger partial charge in [0.15, 0.2) is 6.61 Å². The zero-order valence-corrected chi connectivity index (χ0v) is 16.9. The van der Waals surface area contributed by atoms with Crippen molar-refractivity contribution in [2.75, 3.05) is 6.61 Å². The van der Waals surface area contributed by atoms with E-state index in [2.05, 4.69) is 5.10 Å². The van der Waals surface area contributed by atoms with Gasteiger partial charge in [-0.25, -0.2) is 9.48 Å². The number of nitrogens with zero attached hydrogens (tertiary/aromatic N) is 2. The molecule has 2 aromatic carbocycles. The van der Waals surface area contributed by atoms with Gasteiger partial charge in [-0.2, -0.15) is 18.3 Å². The first kappa shape index (κ1) is 22.2. The summed E-state index contributed by atoms with van der Waals surface area (Å²) in [5.41, 5.74) is 2.08. The van der Waals surface area contributed by atoms with Crippen molar-refractivity contribution >= 4 is 5.97 Å². The second-order valence-electron chi connectivity index (χ2n) is 6.82. The van der Waals surface area contributed by atoms with E-state index in [0.717, 1.165) is 23.3 Å². The lowest BCUT2D eigenvalue weighted by Crippen LogP contribution is -2.10. The molecule has 3 rings (SSSR count). The molecule has 0 saturated heterocycles. The van der Waals surface area contributed by atoms with Crippen LogP contribution >= 0.6 is 0 Å². The number of carboxylic acids is 1. The molecule has 3 aromatic rings. The van der Waals surface area contributed by atoms with Gasteiger partial charge in [-0.3, -0.25) is 0 Å². The summed E-state index contributed by atoms with van der Waals surface area (Å²) in [6.07, 6.45) is -2.04. The average Bonchev–Trinajstić information content (AvgIpc) is 3.11. The molecule has 31 heavy (non-hydrogen) atoms. The number of halogens is 3. The molecule has 0 bridgehead atoms. The molecule has 0 radical (unpaired) electrons. The van der Waals surface area contributed by atoms with Crippen molar-refractivity contribution in [2.45, 2.75) is 33.1 Å². The Labute approximate surface area is 176 Å². The molecule has 0 aliphatic rings. The number of aliphatic carboxylic acids is 1. The van der Waals surface area contributed by atoms with Gasteiger partial charge in [-0.05, 0) is 61.4 Å². The summed E-state index contributed by atoms with van der Waals surface area (Å²) in [7, 11) is 0. The summed E-state index contributed by atoms with van der Waals surface area (Å²) in [6, 6.07) is 9.90. The van der Waals surface area contributed by atoms with Gasteiger partial charge in [0.05, 0.1) is 16.9 Å². The minimum Gasteiger partial charge on any atom is -0.489 e. The zero-order valence-electron chi connectivity index (χ0n) is 16.9. The maximum Gasteiger partial charge on any atom is 0.416 e. The van der Waals surface area contributed by atoms with Crippen LogP contribution in [0.2, 0.25) is 0 Å². The Morgan fingerprint density at radius 3 is 2.42 bits per heavy atom. The highest BCUT2D eigenvalue weighted by molar-refractivity contribution is 5.68. The van der Waals surface area contributed by atoms with Crippen LogP contribution in [0, 0.1) is 6.92 Å². The fourth-order valence-electron chi connectivity index (χ4n) is 2.94. The van der Waals surface area contributed by atoms with Gasteiger partial charge in [-0.1, -0.05) is 6.92 Å². The molecule has 0 aliphatic carbocycles. The Bertz CT molecular complexity index is 1060. The number of ether oxygens (including phenoxy) is 2. The van der Waals surface area contributed by atoms with Crippen molar-refractivity contribution in [1.29, 1.82) is 0 Å². The molecule has 0 fully saturated rings. The second kappa shape index (κ2) is 9.11. The lowest BCUT2D eigenvalue weighted by atomic mass is 10.1. The van der Waals surface area contributed by atoms with Crippen molar-refractivity contribution in [3.05, 3.63) is 71.0 Å². The fraction of sp³-hybridized carbons (Fsp3) is 0.273. The third-order valence-electron chi connectivity index (χ3n) is 4.62. The SMILES string of the molecule is CCc1cc(OCc2cn(-c3ccc(C(F)(F)F)cc3)nc2C)ccc1OCC(=O)O. The van der Waals surface area contributed by atoms with E-state index in [0.29, 0.717) is 29.3 Å². The van der Waals surface area contributed by atoms with Crippen LogP contribution < -0.4 is 9.47 Å². The number of hydrogen-bond acceptors (Lipinski definition) is 4. The van der Waals surface area contributed by atoms with Gasteiger partial charge in [0.25, 0.3) is 0 Å². The van der Waals surface area contributed by atoms with E-state index in [1.807, 2.05) is 6.92 Å². The van der Waals surface area contributed by atoms with Gasteiger partial charge in [0.2, 0.25) is 0 Å². The molecule has 0 amide bonds. The van der Waals surface area contributed by atoms with E-state index in [9.17, 15) is 18.0 Å². The molecular formula is C22H21F3N2O4. The standard InChI is InChI=1S/C22H21F3N2O4/c1-3-15-10-19(8-9-20(15)31-13-21(28)29)30-12-16-11-27(26-14(16)2)18-6-4-17(5-7-18)22(23,24)25/h4-11H,3,12-13H2,1-2H3,(H,28,29). The summed E-state index contributed by atoms with van der Waals surface area (Å²) in [4.78, 5) is 10.7. The van der Waals surface area contributed by atoms with E-state index in [1.165, 1.54) is 16.8 Å². The minimum atomic E-state index is -4.39. The third kappa shape index (κ3) is 5.56. The molecule has 164 valence electrons. The maximum atomic E-state index is 12.7. The fourth-order valence-corrected chi connectivity index (χ4v) is 2.94. The van der Waals surface area contributed by atoms with Gasteiger partial charge in [0.1, 0.15) is 18.1 Å². The van der Waals surface area contributed by atoms with Gasteiger partial charge >= 0.3 is 12.1 Å². The topological polar surface area (TPSA) is 73.6 Å². The predicted octanol–water partition coefficient (Wildman–Crippen LogP) is 4.80. The molecule has 1 aromatic heterocycles. The van der Waals surface area contributed by atoms with Crippen LogP contribution in [0.5, 0.6) is 11.5 Å². The highest BCUT2D eigenvalue weighted by atomic mass is 19.4. The quantitative estimate of drug-likeness (QED) is 0.551. The number of benzene rings is 2. The average molecular weight is 434 g/mol. The predicted molar refractivity (Wildman–Crippen MR) is 107 cm³/mol. The van der Waals surface area contributed by atoms with Crippen LogP contribution in [-0.2, 0) is 24.0 Å². The van der Waals surface area contributed by atoms with Crippen molar-refractivity contribution < 1.29 is 32.5 Å². The minimum absolute atomic E-state index is 0.213. The van der Waals surface area contributed by atoms with Gasteiger partial charge in [-0.15, -0.1) is 0 Å². The van der Waals surface area contributed by atoms with Gasteiger partial charge < -0.3 is 14.6 Å². The normalized spacial score (nSPS) is 11.4. The maximum absolute atomic E-state index is 12.7. The summed E-state index contributed by atoms with van der Waals surface area (Å²) < 4.78 is 50.8. The molecule has 1 heterocycles. The molecule has 9 heteroatoms. The molecule has 0 aliphatic heterocycles. The van der Waals surface area contributed by atoms with Crippen molar-refractivity contribution in [3.8, 4) is 17.2 Å². The first-order valence-corrected chi connectivity index (χ1v) is 9.50. The summed E-state index contributed by atoms with van der Waals surface area (Å²) in [5, 5.41) is 13.1. The van der Waals surface area contributed by atoms with Gasteiger partial charge in [0, 0.05) is 11.8 Å². The smallest absolute Gasteiger partial charge is 0.416 e. The number of hydrogen-bond donors (Lipinski definition) is 1. The first-order valence-electron chi connectivity index (χ1n) is 9.50. The highest BCUT2D eigenvalue weighted by Gasteiger charge is 2.30. The number of aryl methyl sites for hydroxylation is 2. The Morgan fingerprint density at radius 1 is 1.10 bits per heavy atom. The number of rotatable bonds is 8. The molecular weight excluding hydrogens is 413 g/mol.